The van der Waals surface area contributed by atoms with Crippen molar-refractivity contribution in [1.29, 1.82) is 0 Å². The largest absolute Gasteiger partial charge is 0.350 e. The molecule has 1 aromatic carbocycles. The monoisotopic (exact) mass is 333 g/mol. The summed E-state index contributed by atoms with van der Waals surface area (Å²) in [6.45, 7) is 2.30. The number of aromatic nitrogens is 1. The molecule has 1 heterocycles. The summed E-state index contributed by atoms with van der Waals surface area (Å²) in [6, 6.07) is 11.8. The highest BCUT2D eigenvalue weighted by atomic mass is 32.2. The van der Waals surface area contributed by atoms with Gasteiger partial charge < -0.3 is 5.32 Å². The maximum Gasteiger partial charge on any atom is 0.240 e. The lowest BCUT2D eigenvalue weighted by molar-refractivity contribution is -0.121. The minimum atomic E-state index is -3.57. The van der Waals surface area contributed by atoms with Crippen molar-refractivity contribution in [2.24, 2.45) is 0 Å². The first-order chi connectivity index (χ1) is 11.0. The average Bonchev–Trinajstić information content (AvgIpc) is 2.55. The normalized spacial score (nSPS) is 11.2. The number of aryl methyl sites for hydroxylation is 1. The lowest BCUT2D eigenvalue weighted by Crippen LogP contribution is -2.30. The van der Waals surface area contributed by atoms with Gasteiger partial charge in [-0.1, -0.05) is 24.3 Å². The summed E-state index contributed by atoms with van der Waals surface area (Å²) in [4.78, 5) is 16.1. The Labute approximate surface area is 136 Å². The van der Waals surface area contributed by atoms with E-state index in [1.807, 2.05) is 19.1 Å². The average molecular weight is 333 g/mol. The van der Waals surface area contributed by atoms with E-state index in [-0.39, 0.29) is 23.8 Å². The fourth-order valence-electron chi connectivity index (χ4n) is 1.96. The number of sulfonamides is 1. The molecule has 122 valence electrons. The van der Waals surface area contributed by atoms with Crippen LogP contribution in [0.25, 0.3) is 0 Å². The number of nitrogens with zero attached hydrogens (tertiary/aromatic N) is 1. The van der Waals surface area contributed by atoms with Crippen LogP contribution in [0.4, 0.5) is 0 Å². The maximum atomic E-state index is 12.0. The Hall–Kier alpha value is -2.25. The van der Waals surface area contributed by atoms with Gasteiger partial charge in [-0.2, -0.15) is 0 Å². The highest BCUT2D eigenvalue weighted by molar-refractivity contribution is 7.89. The Balaban J connectivity index is 1.78. The van der Waals surface area contributed by atoms with Crippen LogP contribution in [0.1, 0.15) is 17.7 Å². The molecule has 0 atom stereocenters. The Bertz CT molecular complexity index is 761. The molecule has 1 amide bonds. The van der Waals surface area contributed by atoms with E-state index in [0.29, 0.717) is 6.54 Å². The standard InChI is InChI=1S/C16H19N3O3S/c1-13-6-5-10-17-15(13)12-18-16(20)9-11-19-23(21,22)14-7-3-2-4-8-14/h2-8,10,19H,9,11-12H2,1H3,(H,18,20). The summed E-state index contributed by atoms with van der Waals surface area (Å²) < 4.78 is 26.4. The van der Waals surface area contributed by atoms with Crippen LogP contribution in [0.2, 0.25) is 0 Å². The van der Waals surface area contributed by atoms with Gasteiger partial charge in [0.1, 0.15) is 0 Å². The summed E-state index contributed by atoms with van der Waals surface area (Å²) >= 11 is 0. The van der Waals surface area contributed by atoms with Crippen LogP contribution in [-0.2, 0) is 21.4 Å². The van der Waals surface area contributed by atoms with E-state index < -0.39 is 10.0 Å². The molecule has 0 saturated heterocycles. The molecule has 6 nitrogen and oxygen atoms in total. The summed E-state index contributed by atoms with van der Waals surface area (Å²) in [5.74, 6) is -0.231. The third-order valence-electron chi connectivity index (χ3n) is 3.27. The van der Waals surface area contributed by atoms with Gasteiger partial charge in [-0.05, 0) is 30.7 Å². The number of benzene rings is 1. The molecule has 0 spiro atoms. The third-order valence-corrected chi connectivity index (χ3v) is 4.75. The first kappa shape index (κ1) is 17.1. The number of pyridine rings is 1. The van der Waals surface area contributed by atoms with Crippen LogP contribution in [0.5, 0.6) is 0 Å². The van der Waals surface area contributed by atoms with Crippen molar-refractivity contribution in [3.63, 3.8) is 0 Å². The number of nitrogens with one attached hydrogen (secondary N) is 2. The molecule has 0 unspecified atom stereocenters. The second-order valence-corrected chi connectivity index (χ2v) is 6.77. The number of carbonyl (C=O) groups excluding carboxylic acids is 1. The van der Waals surface area contributed by atoms with Gasteiger partial charge in [0.05, 0.1) is 17.1 Å². The van der Waals surface area contributed by atoms with E-state index in [2.05, 4.69) is 15.0 Å². The van der Waals surface area contributed by atoms with Crippen LogP contribution < -0.4 is 10.0 Å². The molecule has 0 aliphatic heterocycles. The zero-order valence-corrected chi connectivity index (χ0v) is 13.6. The van der Waals surface area contributed by atoms with E-state index >= 15 is 0 Å². The second kappa shape index (κ2) is 7.85. The number of rotatable bonds is 7. The van der Waals surface area contributed by atoms with Gasteiger partial charge in [-0.25, -0.2) is 13.1 Å². The predicted octanol–water partition coefficient (Wildman–Crippen LogP) is 1.37. The molecule has 0 aliphatic carbocycles. The van der Waals surface area contributed by atoms with E-state index in [1.165, 1.54) is 12.1 Å². The van der Waals surface area contributed by atoms with Crippen LogP contribution in [0, 0.1) is 6.92 Å². The molecular weight excluding hydrogens is 314 g/mol. The van der Waals surface area contributed by atoms with Crippen molar-refractivity contribution in [3.8, 4) is 0 Å². The van der Waals surface area contributed by atoms with Crippen LogP contribution in [-0.4, -0.2) is 25.9 Å². The van der Waals surface area contributed by atoms with Crippen molar-refractivity contribution in [2.45, 2.75) is 24.8 Å². The number of amides is 1. The first-order valence-corrected chi connectivity index (χ1v) is 8.69. The molecule has 2 aromatic rings. The molecule has 2 N–H and O–H groups in total. The van der Waals surface area contributed by atoms with Crippen molar-refractivity contribution >= 4 is 15.9 Å². The predicted molar refractivity (Wildman–Crippen MR) is 87.1 cm³/mol. The third kappa shape index (κ3) is 5.15. The maximum absolute atomic E-state index is 12.0. The highest BCUT2D eigenvalue weighted by Crippen LogP contribution is 2.06. The lowest BCUT2D eigenvalue weighted by atomic mass is 10.2. The second-order valence-electron chi connectivity index (χ2n) is 5.00. The summed E-state index contributed by atoms with van der Waals surface area (Å²) in [5, 5.41) is 2.73. The molecule has 1 aromatic heterocycles. The summed E-state index contributed by atoms with van der Waals surface area (Å²) in [5.41, 5.74) is 1.79. The minimum Gasteiger partial charge on any atom is -0.350 e. The smallest absolute Gasteiger partial charge is 0.240 e. The van der Waals surface area contributed by atoms with Gasteiger partial charge in [-0.3, -0.25) is 9.78 Å². The van der Waals surface area contributed by atoms with Crippen LogP contribution >= 0.6 is 0 Å². The molecule has 0 radical (unpaired) electrons. The van der Waals surface area contributed by atoms with E-state index in [0.717, 1.165) is 11.3 Å². The molecule has 0 aliphatic rings. The zero-order chi connectivity index (χ0) is 16.7. The molecular formula is C16H19N3O3S. The van der Waals surface area contributed by atoms with Crippen LogP contribution in [0.15, 0.2) is 53.6 Å². The molecule has 7 heteroatoms. The van der Waals surface area contributed by atoms with Gasteiger partial charge in [0.2, 0.25) is 15.9 Å². The quantitative estimate of drug-likeness (QED) is 0.801. The van der Waals surface area contributed by atoms with Gasteiger partial charge in [0, 0.05) is 19.2 Å². The number of hydrogen-bond donors (Lipinski definition) is 2. The molecule has 0 fully saturated rings. The fraction of sp³-hybridized carbons (Fsp3) is 0.250. The van der Waals surface area contributed by atoms with Gasteiger partial charge >= 0.3 is 0 Å². The number of carbonyl (C=O) groups is 1. The highest BCUT2D eigenvalue weighted by Gasteiger charge is 2.13. The van der Waals surface area contributed by atoms with Gasteiger partial charge in [0.25, 0.3) is 0 Å². The zero-order valence-electron chi connectivity index (χ0n) is 12.8. The topological polar surface area (TPSA) is 88.2 Å². The summed E-state index contributed by atoms with van der Waals surface area (Å²) in [6.07, 6.45) is 1.74. The molecule has 0 bridgehead atoms. The molecule has 0 saturated carbocycles. The minimum absolute atomic E-state index is 0.0459. The van der Waals surface area contributed by atoms with Crippen molar-refractivity contribution in [3.05, 3.63) is 59.9 Å². The number of hydrogen-bond acceptors (Lipinski definition) is 4. The molecule has 2 rings (SSSR count). The Morgan fingerprint density at radius 1 is 1.13 bits per heavy atom. The van der Waals surface area contributed by atoms with Gasteiger partial charge in [0.15, 0.2) is 0 Å². The van der Waals surface area contributed by atoms with Crippen molar-refractivity contribution in [2.75, 3.05) is 6.54 Å². The SMILES string of the molecule is Cc1cccnc1CNC(=O)CCNS(=O)(=O)c1ccccc1. The van der Waals surface area contributed by atoms with E-state index in [9.17, 15) is 13.2 Å². The summed E-state index contributed by atoms with van der Waals surface area (Å²) in [7, 11) is -3.57. The Kier molecular flexibility index (Phi) is 5.84. The van der Waals surface area contributed by atoms with E-state index in [1.54, 1.807) is 24.4 Å². The van der Waals surface area contributed by atoms with Crippen LogP contribution in [0.3, 0.4) is 0 Å². The Morgan fingerprint density at radius 3 is 2.57 bits per heavy atom. The molecule has 23 heavy (non-hydrogen) atoms. The van der Waals surface area contributed by atoms with Crippen molar-refractivity contribution in [1.82, 2.24) is 15.0 Å². The fourth-order valence-corrected chi connectivity index (χ4v) is 3.01. The lowest BCUT2D eigenvalue weighted by Gasteiger charge is -2.08. The van der Waals surface area contributed by atoms with Gasteiger partial charge in [-0.15, -0.1) is 0 Å². The van der Waals surface area contributed by atoms with E-state index in [4.69, 9.17) is 0 Å². The Morgan fingerprint density at radius 2 is 1.87 bits per heavy atom. The van der Waals surface area contributed by atoms with Crippen molar-refractivity contribution < 1.29 is 13.2 Å². The first-order valence-electron chi connectivity index (χ1n) is 7.21.